The third-order valence-corrected chi connectivity index (χ3v) is 9.22. The molecule has 1 aromatic heterocycles. The van der Waals surface area contributed by atoms with E-state index in [1.807, 2.05) is 12.1 Å². The number of hydrogen-bond acceptors (Lipinski definition) is 4. The van der Waals surface area contributed by atoms with Gasteiger partial charge in [0.15, 0.2) is 0 Å². The zero-order valence-electron chi connectivity index (χ0n) is 15.3. The van der Waals surface area contributed by atoms with Gasteiger partial charge in [0.1, 0.15) is 0 Å². The van der Waals surface area contributed by atoms with E-state index in [4.69, 9.17) is 5.73 Å². The third-order valence-electron chi connectivity index (χ3n) is 4.73. The van der Waals surface area contributed by atoms with Crippen molar-refractivity contribution in [1.29, 1.82) is 0 Å². The summed E-state index contributed by atoms with van der Waals surface area (Å²) in [5.74, 6) is 0.872. The van der Waals surface area contributed by atoms with Gasteiger partial charge in [-0.15, -0.1) is 0 Å². The molecular formula is C18H27N5Sn. The molecule has 1 aromatic carbocycles. The topological polar surface area (TPSA) is 69.6 Å². The summed E-state index contributed by atoms with van der Waals surface area (Å²) in [6.45, 7) is 4.65. The van der Waals surface area contributed by atoms with Crippen LogP contribution in [0.15, 0.2) is 24.3 Å². The number of nitrogens with two attached hydrogens (primary N) is 1. The van der Waals surface area contributed by atoms with Gasteiger partial charge < -0.3 is 0 Å². The van der Waals surface area contributed by atoms with Gasteiger partial charge in [-0.2, -0.15) is 0 Å². The molecule has 0 fully saturated rings. The zero-order chi connectivity index (χ0) is 17.5. The van der Waals surface area contributed by atoms with Crippen LogP contribution in [0.4, 0.5) is 5.69 Å². The van der Waals surface area contributed by atoms with Crippen molar-refractivity contribution in [3.8, 4) is 11.4 Å². The fourth-order valence-electron chi connectivity index (χ4n) is 3.11. The first kappa shape index (κ1) is 17.5. The number of aromatic nitrogens is 4. The van der Waals surface area contributed by atoms with E-state index < -0.39 is 18.7 Å². The molecule has 0 bridgehead atoms. The molecule has 6 heteroatoms. The second kappa shape index (κ2) is 6.17. The molecule has 24 heavy (non-hydrogen) atoms. The first-order valence-electron chi connectivity index (χ1n) is 8.56. The van der Waals surface area contributed by atoms with Gasteiger partial charge in [-0.3, -0.25) is 0 Å². The Kier molecular flexibility index (Phi) is 4.49. The normalized spacial score (nSPS) is 17.6. The fourth-order valence-corrected chi connectivity index (χ4v) is 6.30. The predicted molar refractivity (Wildman–Crippen MR) is 102 cm³/mol. The van der Waals surface area contributed by atoms with Gasteiger partial charge in [-0.25, -0.2) is 0 Å². The number of anilines is 1. The molecule has 128 valence electrons. The van der Waals surface area contributed by atoms with E-state index in [-0.39, 0.29) is 0 Å². The maximum atomic E-state index is 6.28. The van der Waals surface area contributed by atoms with Crippen molar-refractivity contribution in [2.45, 2.75) is 47.9 Å². The molecule has 1 aliphatic carbocycles. The predicted octanol–water partition coefficient (Wildman–Crippen LogP) is 4.20. The number of allylic oxidation sites excluding steroid dienone is 2. The molecule has 3 rings (SSSR count). The number of nitrogen functional groups attached to an aromatic ring is 1. The van der Waals surface area contributed by atoms with Gasteiger partial charge in [-0.1, -0.05) is 0 Å². The van der Waals surface area contributed by atoms with Crippen LogP contribution in [0.25, 0.3) is 17.0 Å². The van der Waals surface area contributed by atoms with Crippen molar-refractivity contribution in [3.63, 3.8) is 0 Å². The zero-order valence-corrected chi connectivity index (χ0v) is 18.2. The molecule has 0 atom stereocenters. The molecule has 0 amide bonds. The Morgan fingerprint density at radius 1 is 1.21 bits per heavy atom. The van der Waals surface area contributed by atoms with Crippen LogP contribution in [0.2, 0.25) is 14.8 Å². The number of nitrogens with zero attached hydrogens (tertiary/aromatic N) is 4. The number of hydrogen-bond donors (Lipinski definition) is 1. The second-order valence-corrected chi connectivity index (χ2v) is 22.1. The van der Waals surface area contributed by atoms with Crippen molar-refractivity contribution < 1.29 is 0 Å². The van der Waals surface area contributed by atoms with Gasteiger partial charge in [0.25, 0.3) is 0 Å². The Morgan fingerprint density at radius 2 is 1.96 bits per heavy atom. The Balaban J connectivity index is 2.02. The fraction of sp³-hybridized carbons (Fsp3) is 0.500. The van der Waals surface area contributed by atoms with Crippen molar-refractivity contribution >= 4 is 29.9 Å². The van der Waals surface area contributed by atoms with Crippen LogP contribution in [0.1, 0.15) is 38.7 Å². The SMILES string of the molecule is CC1(C)CC=C(c2cc(-c3nnn[n]3[Sn]([CH3])([CH3])[CH3])ccc2N)CC1. The van der Waals surface area contributed by atoms with Gasteiger partial charge in [0, 0.05) is 0 Å². The van der Waals surface area contributed by atoms with Crippen molar-refractivity contribution in [2.75, 3.05) is 5.73 Å². The van der Waals surface area contributed by atoms with E-state index in [0.717, 1.165) is 35.5 Å². The van der Waals surface area contributed by atoms with Crippen LogP contribution in [0.3, 0.4) is 0 Å². The summed E-state index contributed by atoms with van der Waals surface area (Å²) in [6.07, 6.45) is 5.72. The molecule has 2 aromatic rings. The second-order valence-electron chi connectivity index (χ2n) is 8.48. The van der Waals surface area contributed by atoms with E-state index in [2.05, 4.69) is 59.2 Å². The first-order chi connectivity index (χ1) is 11.2. The molecule has 0 aliphatic heterocycles. The summed E-state index contributed by atoms with van der Waals surface area (Å²) < 4.78 is 2.07. The van der Waals surface area contributed by atoms with Gasteiger partial charge in [0.2, 0.25) is 0 Å². The number of benzene rings is 1. The third kappa shape index (κ3) is 3.50. The molecule has 5 nitrogen and oxygen atoms in total. The summed E-state index contributed by atoms with van der Waals surface area (Å²) in [6, 6.07) is 6.19. The Hall–Kier alpha value is -1.37. The first-order valence-corrected chi connectivity index (χ1v) is 18.4. The standard InChI is InChI=1S/C15H18N5.3CH3.Sn/c1-15(2)7-5-10(6-8-15)12-9-11(3-4-13(12)16)14-17-19-20-18-14;;;;/h3-5,9H,6-8,16H2,1-2H3;3*1H3;/q-1;;;;+1. The minimum atomic E-state index is -2.43. The number of rotatable bonds is 3. The molecular weight excluding hydrogens is 405 g/mol. The van der Waals surface area contributed by atoms with Gasteiger partial charge >= 0.3 is 149 Å². The molecule has 0 spiro atoms. The molecule has 0 unspecified atom stereocenters. The van der Waals surface area contributed by atoms with Crippen LogP contribution in [-0.2, 0) is 0 Å². The molecule has 0 radical (unpaired) electrons. The monoisotopic (exact) mass is 433 g/mol. The Bertz CT molecular complexity index is 783. The van der Waals surface area contributed by atoms with Crippen molar-refractivity contribution in [2.24, 2.45) is 5.41 Å². The van der Waals surface area contributed by atoms with Crippen molar-refractivity contribution in [3.05, 3.63) is 29.8 Å². The maximum absolute atomic E-state index is 6.28. The summed E-state index contributed by atoms with van der Waals surface area (Å²) in [5, 5.41) is 12.5. The summed E-state index contributed by atoms with van der Waals surface area (Å²) in [5.41, 5.74) is 11.1. The summed E-state index contributed by atoms with van der Waals surface area (Å²) in [4.78, 5) is 6.91. The van der Waals surface area contributed by atoms with Crippen LogP contribution in [-0.4, -0.2) is 37.1 Å². The Labute approximate surface area is 148 Å². The van der Waals surface area contributed by atoms with Gasteiger partial charge in [0.05, 0.1) is 0 Å². The summed E-state index contributed by atoms with van der Waals surface area (Å²) in [7, 11) is 0. The van der Waals surface area contributed by atoms with Crippen LogP contribution < -0.4 is 5.73 Å². The minimum absolute atomic E-state index is 0.390. The quantitative estimate of drug-likeness (QED) is 0.583. The van der Waals surface area contributed by atoms with Crippen LogP contribution in [0.5, 0.6) is 0 Å². The van der Waals surface area contributed by atoms with E-state index in [1.165, 1.54) is 12.0 Å². The molecule has 2 N–H and O–H groups in total. The molecule has 1 heterocycles. The van der Waals surface area contributed by atoms with E-state index in [0.29, 0.717) is 5.41 Å². The average Bonchev–Trinajstić information content (AvgIpc) is 2.98. The number of tetrazole rings is 1. The Morgan fingerprint density at radius 3 is 2.58 bits per heavy atom. The van der Waals surface area contributed by atoms with Crippen LogP contribution in [0, 0.1) is 5.41 Å². The molecule has 0 saturated carbocycles. The average molecular weight is 432 g/mol. The van der Waals surface area contributed by atoms with E-state index >= 15 is 0 Å². The molecule has 0 saturated heterocycles. The molecule has 1 aliphatic rings. The van der Waals surface area contributed by atoms with Crippen molar-refractivity contribution in [1.82, 2.24) is 18.4 Å². The van der Waals surface area contributed by atoms with Crippen LogP contribution >= 0.6 is 0 Å². The van der Waals surface area contributed by atoms with E-state index in [9.17, 15) is 0 Å². The van der Waals surface area contributed by atoms with E-state index in [1.54, 1.807) is 0 Å². The van der Waals surface area contributed by atoms with Gasteiger partial charge in [-0.05, 0) is 0 Å². The summed E-state index contributed by atoms with van der Waals surface area (Å²) >= 11 is -2.43.